The summed E-state index contributed by atoms with van der Waals surface area (Å²) in [7, 11) is 0. The van der Waals surface area contributed by atoms with Gasteiger partial charge in [0.1, 0.15) is 16.4 Å². The van der Waals surface area contributed by atoms with E-state index in [0.29, 0.717) is 49.0 Å². The molecule has 1 N–H and O–H groups in total. The number of hydrogen-bond acceptors (Lipinski definition) is 5. The van der Waals surface area contributed by atoms with Crippen LogP contribution < -0.4 is 0 Å². The number of piperazine rings is 1. The first-order chi connectivity index (χ1) is 14.0. The van der Waals surface area contributed by atoms with Crippen LogP contribution in [0, 0.1) is 0 Å². The molecule has 2 aromatic heterocycles. The third-order valence-electron chi connectivity index (χ3n) is 6.28. The summed E-state index contributed by atoms with van der Waals surface area (Å²) < 4.78 is 1.56. The van der Waals surface area contributed by atoms with Gasteiger partial charge in [-0.2, -0.15) is 5.10 Å². The lowest BCUT2D eigenvalue weighted by atomic mass is 9.78. The summed E-state index contributed by atoms with van der Waals surface area (Å²) in [6.45, 7) is 9.08. The van der Waals surface area contributed by atoms with Crippen molar-refractivity contribution in [3.63, 3.8) is 0 Å². The van der Waals surface area contributed by atoms with Crippen molar-refractivity contribution in [2.45, 2.75) is 64.0 Å². The van der Waals surface area contributed by atoms with Crippen molar-refractivity contribution >= 4 is 29.1 Å². The average molecular weight is 434 g/mol. The van der Waals surface area contributed by atoms with E-state index < -0.39 is 11.1 Å². The van der Waals surface area contributed by atoms with Crippen LogP contribution in [0.15, 0.2) is 12.3 Å². The van der Waals surface area contributed by atoms with Crippen LogP contribution in [0.5, 0.6) is 0 Å². The molecule has 1 aliphatic heterocycles. The molecule has 3 heterocycles. The van der Waals surface area contributed by atoms with Crippen molar-refractivity contribution in [2.75, 3.05) is 19.6 Å². The Bertz CT molecular complexity index is 1010. The first-order valence-corrected chi connectivity index (χ1v) is 10.8. The zero-order valence-corrected chi connectivity index (χ0v) is 18.6. The molecular weight excluding hydrogens is 406 g/mol. The standard InChI is InChI=1S/C21H28ClN5O3/c1-13(2)14-10-16(22)24-27-11-15(23-17(14)27)18(28)26-9-8-25(12-20(26,3)4)19(29)21(30)6-5-7-21/h10-11,13,30H,5-9,12H2,1-4H3. The molecule has 8 nitrogen and oxygen atoms in total. The lowest BCUT2D eigenvalue weighted by molar-refractivity contribution is -0.164. The number of halogens is 1. The third-order valence-corrected chi connectivity index (χ3v) is 6.46. The fraction of sp³-hybridized carbons (Fsp3) is 0.619. The summed E-state index contributed by atoms with van der Waals surface area (Å²) >= 11 is 6.14. The summed E-state index contributed by atoms with van der Waals surface area (Å²) in [6, 6.07) is 1.78. The minimum absolute atomic E-state index is 0.182. The highest BCUT2D eigenvalue weighted by Crippen LogP contribution is 2.35. The smallest absolute Gasteiger partial charge is 0.274 e. The van der Waals surface area contributed by atoms with Crippen LogP contribution in [0.2, 0.25) is 5.15 Å². The Balaban J connectivity index is 1.58. The molecular formula is C21H28ClN5O3. The highest BCUT2D eigenvalue weighted by atomic mass is 35.5. The first kappa shape index (κ1) is 21.1. The van der Waals surface area contributed by atoms with E-state index in [-0.39, 0.29) is 17.7 Å². The fourth-order valence-electron chi connectivity index (χ4n) is 4.36. The molecule has 1 saturated heterocycles. The molecule has 30 heavy (non-hydrogen) atoms. The van der Waals surface area contributed by atoms with Crippen molar-refractivity contribution in [2.24, 2.45) is 0 Å². The summed E-state index contributed by atoms with van der Waals surface area (Å²) in [6.07, 6.45) is 3.51. The van der Waals surface area contributed by atoms with Crippen LogP contribution >= 0.6 is 11.6 Å². The van der Waals surface area contributed by atoms with Crippen LogP contribution in [-0.2, 0) is 4.79 Å². The van der Waals surface area contributed by atoms with Gasteiger partial charge < -0.3 is 14.9 Å². The van der Waals surface area contributed by atoms with Gasteiger partial charge in [-0.1, -0.05) is 25.4 Å². The van der Waals surface area contributed by atoms with E-state index in [0.717, 1.165) is 12.0 Å². The second kappa shape index (κ2) is 7.20. The molecule has 0 aromatic carbocycles. The molecule has 0 bridgehead atoms. The number of aliphatic hydroxyl groups is 1. The van der Waals surface area contributed by atoms with Crippen molar-refractivity contribution in [3.05, 3.63) is 28.7 Å². The number of hydrogen-bond donors (Lipinski definition) is 1. The van der Waals surface area contributed by atoms with Gasteiger partial charge in [-0.25, -0.2) is 9.50 Å². The zero-order chi connectivity index (χ0) is 21.8. The van der Waals surface area contributed by atoms with Crippen LogP contribution in [0.3, 0.4) is 0 Å². The van der Waals surface area contributed by atoms with Gasteiger partial charge >= 0.3 is 0 Å². The second-order valence-electron chi connectivity index (χ2n) is 9.35. The van der Waals surface area contributed by atoms with Crippen LogP contribution in [0.4, 0.5) is 0 Å². The van der Waals surface area contributed by atoms with Gasteiger partial charge in [-0.05, 0) is 45.1 Å². The van der Waals surface area contributed by atoms with Crippen molar-refractivity contribution in [1.29, 1.82) is 0 Å². The van der Waals surface area contributed by atoms with Crippen molar-refractivity contribution in [3.8, 4) is 0 Å². The Morgan fingerprint density at radius 2 is 1.93 bits per heavy atom. The van der Waals surface area contributed by atoms with E-state index in [1.165, 1.54) is 0 Å². The molecule has 1 aliphatic carbocycles. The maximum absolute atomic E-state index is 13.3. The van der Waals surface area contributed by atoms with Crippen molar-refractivity contribution < 1.29 is 14.7 Å². The molecule has 0 unspecified atom stereocenters. The number of nitrogens with zero attached hydrogens (tertiary/aromatic N) is 5. The Morgan fingerprint density at radius 1 is 1.23 bits per heavy atom. The van der Waals surface area contributed by atoms with Gasteiger partial charge in [-0.15, -0.1) is 0 Å². The average Bonchev–Trinajstić information content (AvgIpc) is 3.07. The topological polar surface area (TPSA) is 91.0 Å². The predicted octanol–water partition coefficient (Wildman–Crippen LogP) is 2.48. The molecule has 4 rings (SSSR count). The van der Waals surface area contributed by atoms with E-state index >= 15 is 0 Å². The zero-order valence-electron chi connectivity index (χ0n) is 17.9. The molecule has 0 spiro atoms. The number of aromatic nitrogens is 3. The quantitative estimate of drug-likeness (QED) is 0.802. The van der Waals surface area contributed by atoms with E-state index in [9.17, 15) is 14.7 Å². The van der Waals surface area contributed by atoms with Crippen LogP contribution in [0.1, 0.15) is 68.9 Å². The molecule has 2 fully saturated rings. The monoisotopic (exact) mass is 433 g/mol. The summed E-state index contributed by atoms with van der Waals surface area (Å²) in [5.74, 6) is -0.241. The van der Waals surface area contributed by atoms with Gasteiger partial charge in [0.15, 0.2) is 5.65 Å². The van der Waals surface area contributed by atoms with Crippen LogP contribution in [-0.4, -0.2) is 72.1 Å². The maximum Gasteiger partial charge on any atom is 0.274 e. The predicted molar refractivity (Wildman–Crippen MR) is 113 cm³/mol. The molecule has 2 aliphatic rings. The lowest BCUT2D eigenvalue weighted by Gasteiger charge is -2.49. The number of fused-ring (bicyclic) bond motifs is 1. The number of carbonyl (C=O) groups excluding carboxylic acids is 2. The van der Waals surface area contributed by atoms with E-state index in [1.807, 2.05) is 27.7 Å². The Kier molecular flexibility index (Phi) is 5.05. The SMILES string of the molecule is CC(C)c1cc(Cl)nn2cc(C(=O)N3CCN(C(=O)C4(O)CCC4)CC3(C)C)nc12. The lowest BCUT2D eigenvalue weighted by Crippen LogP contribution is -2.65. The molecule has 9 heteroatoms. The maximum atomic E-state index is 13.3. The molecule has 2 amide bonds. The molecule has 162 valence electrons. The molecule has 2 aromatic rings. The number of imidazole rings is 1. The third kappa shape index (κ3) is 3.46. The number of rotatable bonds is 3. The Hall–Kier alpha value is -2.19. The van der Waals surface area contributed by atoms with Crippen molar-refractivity contribution in [1.82, 2.24) is 24.4 Å². The van der Waals surface area contributed by atoms with Gasteiger partial charge in [0.05, 0.1) is 11.7 Å². The number of carbonyl (C=O) groups is 2. The van der Waals surface area contributed by atoms with E-state index in [2.05, 4.69) is 10.1 Å². The fourth-order valence-corrected chi connectivity index (χ4v) is 4.56. The van der Waals surface area contributed by atoms with Gasteiger partial charge in [0.25, 0.3) is 11.8 Å². The number of amides is 2. The highest BCUT2D eigenvalue weighted by molar-refractivity contribution is 6.29. The summed E-state index contributed by atoms with van der Waals surface area (Å²) in [5.41, 5.74) is 0.0423. The molecule has 0 radical (unpaired) electrons. The minimum Gasteiger partial charge on any atom is -0.380 e. The second-order valence-corrected chi connectivity index (χ2v) is 9.74. The van der Waals surface area contributed by atoms with E-state index in [4.69, 9.17) is 11.6 Å². The van der Waals surface area contributed by atoms with Gasteiger partial charge in [0.2, 0.25) is 0 Å². The van der Waals surface area contributed by atoms with E-state index in [1.54, 1.807) is 26.6 Å². The normalized spacial score (nSPS) is 20.5. The Labute approximate surface area is 180 Å². The molecule has 0 atom stereocenters. The van der Waals surface area contributed by atoms with Gasteiger partial charge in [-0.3, -0.25) is 9.59 Å². The van der Waals surface area contributed by atoms with Gasteiger partial charge in [0, 0.05) is 25.2 Å². The Morgan fingerprint density at radius 3 is 2.50 bits per heavy atom. The summed E-state index contributed by atoms with van der Waals surface area (Å²) in [4.78, 5) is 34.0. The highest BCUT2D eigenvalue weighted by Gasteiger charge is 2.48. The van der Waals surface area contributed by atoms with Crippen LogP contribution in [0.25, 0.3) is 5.65 Å². The largest absolute Gasteiger partial charge is 0.380 e. The first-order valence-electron chi connectivity index (χ1n) is 10.4. The molecule has 1 saturated carbocycles. The minimum atomic E-state index is -1.22. The summed E-state index contributed by atoms with van der Waals surface area (Å²) in [5, 5.41) is 15.0.